The molecular formula is C9H10Br2F2N2. The normalized spacial score (nSPS) is 10.7. The van der Waals surface area contributed by atoms with E-state index in [0.29, 0.717) is 17.7 Å². The molecule has 0 unspecified atom stereocenters. The van der Waals surface area contributed by atoms with Gasteiger partial charge < -0.3 is 4.90 Å². The molecule has 0 aliphatic carbocycles. The van der Waals surface area contributed by atoms with Gasteiger partial charge in [-0.15, -0.1) is 0 Å². The maximum Gasteiger partial charge on any atom is 0.255 e. The fourth-order valence-corrected chi connectivity index (χ4v) is 2.10. The Morgan fingerprint density at radius 1 is 1.47 bits per heavy atom. The van der Waals surface area contributed by atoms with Crippen molar-refractivity contribution in [3.8, 4) is 0 Å². The fourth-order valence-electron chi connectivity index (χ4n) is 1.16. The van der Waals surface area contributed by atoms with Gasteiger partial charge in [0.15, 0.2) is 0 Å². The van der Waals surface area contributed by atoms with Crippen LogP contribution >= 0.6 is 31.9 Å². The van der Waals surface area contributed by atoms with Crippen molar-refractivity contribution < 1.29 is 8.78 Å². The fraction of sp³-hybridized carbons (Fsp3) is 0.444. The van der Waals surface area contributed by atoms with Gasteiger partial charge in [-0.05, 0) is 28.1 Å². The molecule has 0 aromatic carbocycles. The van der Waals surface area contributed by atoms with E-state index < -0.39 is 6.43 Å². The van der Waals surface area contributed by atoms with Crippen LogP contribution in [0.2, 0.25) is 0 Å². The Labute approximate surface area is 104 Å². The zero-order valence-corrected chi connectivity index (χ0v) is 11.0. The Hall–Kier alpha value is -0.230. The summed E-state index contributed by atoms with van der Waals surface area (Å²) in [5.74, 6) is 0.553. The van der Waals surface area contributed by atoms with E-state index in [9.17, 15) is 8.78 Å². The van der Waals surface area contributed by atoms with Crippen LogP contribution in [0.15, 0.2) is 22.8 Å². The van der Waals surface area contributed by atoms with Crippen molar-refractivity contribution in [2.45, 2.75) is 6.43 Å². The van der Waals surface area contributed by atoms with E-state index in [1.807, 2.05) is 0 Å². The molecule has 15 heavy (non-hydrogen) atoms. The second-order valence-electron chi connectivity index (χ2n) is 2.83. The van der Waals surface area contributed by atoms with E-state index >= 15 is 0 Å². The van der Waals surface area contributed by atoms with E-state index in [4.69, 9.17) is 0 Å². The summed E-state index contributed by atoms with van der Waals surface area (Å²) in [5.41, 5.74) is 0. The number of rotatable bonds is 5. The number of aromatic nitrogens is 1. The quantitative estimate of drug-likeness (QED) is 0.762. The SMILES string of the molecule is FC(F)CN(CCBr)c1ncccc1Br. The van der Waals surface area contributed by atoms with Crippen LogP contribution in [0, 0.1) is 0 Å². The molecule has 0 amide bonds. The molecule has 0 saturated carbocycles. The van der Waals surface area contributed by atoms with Gasteiger partial charge in [0.1, 0.15) is 5.82 Å². The first-order valence-electron chi connectivity index (χ1n) is 4.34. The number of anilines is 1. The lowest BCUT2D eigenvalue weighted by Gasteiger charge is -2.23. The third-order valence-corrected chi connectivity index (χ3v) is 2.73. The number of hydrogen-bond acceptors (Lipinski definition) is 2. The molecule has 0 aliphatic heterocycles. The molecule has 0 N–H and O–H groups in total. The van der Waals surface area contributed by atoms with E-state index in [0.717, 1.165) is 4.47 Å². The summed E-state index contributed by atoms with van der Waals surface area (Å²) < 4.78 is 25.4. The van der Waals surface area contributed by atoms with Gasteiger partial charge in [-0.25, -0.2) is 13.8 Å². The Balaban J connectivity index is 2.83. The van der Waals surface area contributed by atoms with Gasteiger partial charge in [-0.3, -0.25) is 0 Å². The summed E-state index contributed by atoms with van der Waals surface area (Å²) in [5, 5.41) is 0.628. The summed E-state index contributed by atoms with van der Waals surface area (Å²) in [4.78, 5) is 5.62. The summed E-state index contributed by atoms with van der Waals surface area (Å²) >= 11 is 6.52. The van der Waals surface area contributed by atoms with Crippen LogP contribution < -0.4 is 4.90 Å². The van der Waals surface area contributed by atoms with Crippen LogP contribution in [0.5, 0.6) is 0 Å². The predicted octanol–water partition coefficient (Wildman–Crippen LogP) is 3.31. The smallest absolute Gasteiger partial charge is 0.255 e. The van der Waals surface area contributed by atoms with Crippen molar-refractivity contribution in [3.63, 3.8) is 0 Å². The lowest BCUT2D eigenvalue weighted by atomic mass is 10.4. The molecule has 0 bridgehead atoms. The number of pyridine rings is 1. The summed E-state index contributed by atoms with van der Waals surface area (Å²) in [6.45, 7) is 0.196. The molecule has 2 nitrogen and oxygen atoms in total. The minimum absolute atomic E-state index is 0.304. The van der Waals surface area contributed by atoms with Crippen LogP contribution in [0.25, 0.3) is 0 Å². The number of halogens is 4. The highest BCUT2D eigenvalue weighted by Gasteiger charge is 2.15. The zero-order valence-electron chi connectivity index (χ0n) is 7.84. The topological polar surface area (TPSA) is 16.1 Å². The van der Waals surface area contributed by atoms with Crippen molar-refractivity contribution in [3.05, 3.63) is 22.8 Å². The lowest BCUT2D eigenvalue weighted by molar-refractivity contribution is 0.155. The van der Waals surface area contributed by atoms with Gasteiger partial charge in [0.2, 0.25) is 0 Å². The minimum atomic E-state index is -2.36. The Morgan fingerprint density at radius 2 is 2.20 bits per heavy atom. The highest BCUT2D eigenvalue weighted by atomic mass is 79.9. The largest absolute Gasteiger partial charge is 0.349 e. The molecule has 1 aromatic rings. The van der Waals surface area contributed by atoms with Gasteiger partial charge in [0, 0.05) is 18.1 Å². The number of nitrogens with zero attached hydrogens (tertiary/aromatic N) is 2. The van der Waals surface area contributed by atoms with E-state index in [2.05, 4.69) is 36.8 Å². The second-order valence-corrected chi connectivity index (χ2v) is 4.48. The Kier molecular flexibility index (Phi) is 5.45. The molecule has 0 saturated heterocycles. The van der Waals surface area contributed by atoms with Crippen molar-refractivity contribution in [2.24, 2.45) is 0 Å². The molecular weight excluding hydrogens is 334 g/mol. The van der Waals surface area contributed by atoms with Crippen molar-refractivity contribution in [1.29, 1.82) is 0 Å². The van der Waals surface area contributed by atoms with Crippen LogP contribution in [-0.2, 0) is 0 Å². The van der Waals surface area contributed by atoms with Gasteiger partial charge >= 0.3 is 0 Å². The van der Waals surface area contributed by atoms with E-state index in [1.54, 1.807) is 23.2 Å². The molecule has 0 aliphatic rings. The molecule has 1 rings (SSSR count). The third-order valence-electron chi connectivity index (χ3n) is 1.75. The Bertz CT molecular complexity index is 310. The molecule has 1 aromatic heterocycles. The van der Waals surface area contributed by atoms with Crippen LogP contribution in [-0.4, -0.2) is 29.8 Å². The van der Waals surface area contributed by atoms with E-state index in [-0.39, 0.29) is 6.54 Å². The highest BCUT2D eigenvalue weighted by Crippen LogP contribution is 2.23. The average Bonchev–Trinajstić information content (AvgIpc) is 2.17. The maximum absolute atomic E-state index is 12.3. The Morgan fingerprint density at radius 3 is 2.73 bits per heavy atom. The van der Waals surface area contributed by atoms with E-state index in [1.165, 1.54) is 0 Å². The van der Waals surface area contributed by atoms with Gasteiger partial charge in [-0.1, -0.05) is 15.9 Å². The summed E-state index contributed by atoms with van der Waals surface area (Å²) in [7, 11) is 0. The molecule has 0 radical (unpaired) electrons. The van der Waals surface area contributed by atoms with Gasteiger partial charge in [0.25, 0.3) is 6.43 Å². The number of hydrogen-bond donors (Lipinski definition) is 0. The van der Waals surface area contributed by atoms with Crippen LogP contribution in [0.4, 0.5) is 14.6 Å². The zero-order chi connectivity index (χ0) is 11.3. The maximum atomic E-state index is 12.3. The first-order valence-corrected chi connectivity index (χ1v) is 6.26. The molecule has 1 heterocycles. The monoisotopic (exact) mass is 342 g/mol. The summed E-state index contributed by atoms with van der Waals surface area (Å²) in [6, 6.07) is 3.54. The molecule has 0 atom stereocenters. The van der Waals surface area contributed by atoms with Crippen LogP contribution in [0.1, 0.15) is 0 Å². The first-order chi connectivity index (χ1) is 7.15. The van der Waals surface area contributed by atoms with Crippen molar-refractivity contribution in [1.82, 2.24) is 4.98 Å². The number of alkyl halides is 3. The molecule has 6 heteroatoms. The molecule has 84 valence electrons. The highest BCUT2D eigenvalue weighted by molar-refractivity contribution is 9.10. The van der Waals surface area contributed by atoms with Gasteiger partial charge in [-0.2, -0.15) is 0 Å². The van der Waals surface area contributed by atoms with Crippen molar-refractivity contribution in [2.75, 3.05) is 23.3 Å². The third kappa shape index (κ3) is 4.03. The average molecular weight is 344 g/mol. The lowest BCUT2D eigenvalue weighted by Crippen LogP contribution is -2.31. The molecule has 0 spiro atoms. The summed E-state index contributed by atoms with van der Waals surface area (Å²) in [6.07, 6.45) is -0.773. The van der Waals surface area contributed by atoms with Crippen LogP contribution in [0.3, 0.4) is 0 Å². The molecule has 0 fully saturated rings. The van der Waals surface area contributed by atoms with Gasteiger partial charge in [0.05, 0.1) is 11.0 Å². The van der Waals surface area contributed by atoms with Crippen molar-refractivity contribution >= 4 is 37.7 Å². The first kappa shape index (κ1) is 12.8. The second kappa shape index (κ2) is 6.37. The standard InChI is InChI=1S/C9H10Br2F2N2/c10-3-5-15(6-8(12)13)9-7(11)2-1-4-14-9/h1-2,4,8H,3,5-6H2. The predicted molar refractivity (Wildman–Crippen MR) is 63.9 cm³/mol. The minimum Gasteiger partial charge on any atom is -0.349 e.